The first-order valence-electron chi connectivity index (χ1n) is 6.17. The highest BCUT2D eigenvalue weighted by atomic mass is 127. The molecule has 2 nitrogen and oxygen atoms in total. The average Bonchev–Trinajstić information content (AvgIpc) is 2.66. The standard InChI is InChI=1S/C14H18ClIN2/c1-4-14(2,3)9-18-12-6-5-10(16)7-11(12)17-13(18)8-15/h5-7H,4,8-9H2,1-3H3. The van der Waals surface area contributed by atoms with E-state index in [1.54, 1.807) is 0 Å². The molecule has 2 aromatic rings. The maximum atomic E-state index is 6.03. The monoisotopic (exact) mass is 376 g/mol. The van der Waals surface area contributed by atoms with Gasteiger partial charge in [0.15, 0.2) is 0 Å². The molecule has 0 unspecified atom stereocenters. The van der Waals surface area contributed by atoms with Crippen molar-refractivity contribution in [2.75, 3.05) is 0 Å². The summed E-state index contributed by atoms with van der Waals surface area (Å²) in [6.07, 6.45) is 1.14. The van der Waals surface area contributed by atoms with E-state index in [-0.39, 0.29) is 5.41 Å². The third-order valence-electron chi connectivity index (χ3n) is 3.45. The van der Waals surface area contributed by atoms with Gasteiger partial charge in [0.25, 0.3) is 0 Å². The Kier molecular flexibility index (Phi) is 4.22. The average molecular weight is 377 g/mol. The lowest BCUT2D eigenvalue weighted by Gasteiger charge is -2.24. The number of alkyl halides is 1. The van der Waals surface area contributed by atoms with Gasteiger partial charge in [-0.25, -0.2) is 4.98 Å². The zero-order chi connectivity index (χ0) is 13.3. The maximum Gasteiger partial charge on any atom is 0.124 e. The van der Waals surface area contributed by atoms with E-state index in [9.17, 15) is 0 Å². The van der Waals surface area contributed by atoms with Crippen LogP contribution in [0, 0.1) is 8.99 Å². The van der Waals surface area contributed by atoms with Crippen LogP contribution in [0.25, 0.3) is 11.0 Å². The highest BCUT2D eigenvalue weighted by molar-refractivity contribution is 14.1. The Balaban J connectivity index is 2.53. The molecule has 0 aliphatic rings. The van der Waals surface area contributed by atoms with Gasteiger partial charge in [0.2, 0.25) is 0 Å². The maximum absolute atomic E-state index is 6.03. The van der Waals surface area contributed by atoms with Gasteiger partial charge < -0.3 is 4.57 Å². The Labute approximate surface area is 127 Å². The van der Waals surface area contributed by atoms with Crippen molar-refractivity contribution in [3.8, 4) is 0 Å². The van der Waals surface area contributed by atoms with Crippen LogP contribution in [0.15, 0.2) is 18.2 Å². The topological polar surface area (TPSA) is 17.8 Å². The summed E-state index contributed by atoms with van der Waals surface area (Å²) >= 11 is 8.34. The minimum atomic E-state index is 0.261. The van der Waals surface area contributed by atoms with Gasteiger partial charge in [-0.2, -0.15) is 0 Å². The Morgan fingerprint density at radius 1 is 1.39 bits per heavy atom. The minimum Gasteiger partial charge on any atom is -0.326 e. The van der Waals surface area contributed by atoms with Crippen LogP contribution in [0.3, 0.4) is 0 Å². The zero-order valence-corrected chi connectivity index (χ0v) is 13.9. The molecule has 0 saturated carbocycles. The zero-order valence-electron chi connectivity index (χ0n) is 11.0. The molecule has 4 heteroatoms. The molecule has 1 aromatic heterocycles. The molecule has 18 heavy (non-hydrogen) atoms. The van der Waals surface area contributed by atoms with Gasteiger partial charge in [-0.1, -0.05) is 20.8 Å². The third kappa shape index (κ3) is 2.82. The molecule has 0 amide bonds. The van der Waals surface area contributed by atoms with Gasteiger partial charge in [0, 0.05) is 10.1 Å². The van der Waals surface area contributed by atoms with Crippen LogP contribution in [0.1, 0.15) is 33.0 Å². The van der Waals surface area contributed by atoms with Crippen molar-refractivity contribution < 1.29 is 0 Å². The molecule has 2 rings (SSSR count). The summed E-state index contributed by atoms with van der Waals surface area (Å²) in [4.78, 5) is 4.64. The Hall–Kier alpha value is -0.290. The Morgan fingerprint density at radius 3 is 2.72 bits per heavy atom. The van der Waals surface area contributed by atoms with E-state index in [4.69, 9.17) is 11.6 Å². The highest BCUT2D eigenvalue weighted by Gasteiger charge is 2.20. The van der Waals surface area contributed by atoms with Crippen LogP contribution < -0.4 is 0 Å². The lowest BCUT2D eigenvalue weighted by atomic mass is 9.90. The lowest BCUT2D eigenvalue weighted by molar-refractivity contribution is 0.295. The van der Waals surface area contributed by atoms with E-state index in [2.05, 4.69) is 71.1 Å². The van der Waals surface area contributed by atoms with Gasteiger partial charge in [-0.15, -0.1) is 11.6 Å². The van der Waals surface area contributed by atoms with Gasteiger partial charge in [-0.3, -0.25) is 0 Å². The smallest absolute Gasteiger partial charge is 0.124 e. The van der Waals surface area contributed by atoms with E-state index in [1.807, 2.05) is 0 Å². The minimum absolute atomic E-state index is 0.261. The van der Waals surface area contributed by atoms with Gasteiger partial charge in [0.1, 0.15) is 5.82 Å². The fourth-order valence-electron chi connectivity index (χ4n) is 1.97. The molecule has 0 N–H and O–H groups in total. The molecular weight excluding hydrogens is 359 g/mol. The fraction of sp³-hybridized carbons (Fsp3) is 0.500. The second-order valence-corrected chi connectivity index (χ2v) is 6.91. The SMILES string of the molecule is CCC(C)(C)Cn1c(CCl)nc2cc(I)ccc21. The van der Waals surface area contributed by atoms with Crippen molar-refractivity contribution in [3.63, 3.8) is 0 Å². The fourth-order valence-corrected chi connectivity index (χ4v) is 2.65. The molecule has 0 aliphatic carbocycles. The third-order valence-corrected chi connectivity index (χ3v) is 4.36. The number of hydrogen-bond donors (Lipinski definition) is 0. The molecule has 0 saturated heterocycles. The number of imidazole rings is 1. The summed E-state index contributed by atoms with van der Waals surface area (Å²) in [5, 5.41) is 0. The van der Waals surface area contributed by atoms with E-state index in [0.29, 0.717) is 5.88 Å². The van der Waals surface area contributed by atoms with E-state index < -0.39 is 0 Å². The van der Waals surface area contributed by atoms with Crippen LogP contribution in [-0.2, 0) is 12.4 Å². The molecule has 1 aromatic carbocycles. The largest absolute Gasteiger partial charge is 0.326 e. The quantitative estimate of drug-likeness (QED) is 0.553. The summed E-state index contributed by atoms with van der Waals surface area (Å²) in [5.74, 6) is 1.43. The number of halogens is 2. The summed E-state index contributed by atoms with van der Waals surface area (Å²) in [6, 6.07) is 6.38. The van der Waals surface area contributed by atoms with Gasteiger partial charge in [0.05, 0.1) is 16.9 Å². The molecule has 0 bridgehead atoms. The van der Waals surface area contributed by atoms with Crippen LogP contribution >= 0.6 is 34.2 Å². The number of aromatic nitrogens is 2. The van der Waals surface area contributed by atoms with E-state index >= 15 is 0 Å². The summed E-state index contributed by atoms with van der Waals surface area (Å²) in [6.45, 7) is 7.75. The molecule has 0 radical (unpaired) electrons. The summed E-state index contributed by atoms with van der Waals surface area (Å²) < 4.78 is 3.47. The number of nitrogens with zero attached hydrogens (tertiary/aromatic N) is 2. The van der Waals surface area contributed by atoms with Gasteiger partial charge >= 0.3 is 0 Å². The van der Waals surface area contributed by atoms with Crippen molar-refractivity contribution >= 4 is 45.2 Å². The highest BCUT2D eigenvalue weighted by Crippen LogP contribution is 2.27. The number of benzene rings is 1. The van der Waals surface area contributed by atoms with Crippen LogP contribution in [-0.4, -0.2) is 9.55 Å². The number of rotatable bonds is 4. The molecule has 0 atom stereocenters. The van der Waals surface area contributed by atoms with E-state index in [1.165, 1.54) is 9.09 Å². The number of fused-ring (bicyclic) bond motifs is 1. The van der Waals surface area contributed by atoms with Crippen LogP contribution in [0.5, 0.6) is 0 Å². The normalized spacial score (nSPS) is 12.3. The van der Waals surface area contributed by atoms with Crippen molar-refractivity contribution in [2.45, 2.75) is 39.6 Å². The summed E-state index contributed by atoms with van der Waals surface area (Å²) in [7, 11) is 0. The van der Waals surface area contributed by atoms with Crippen molar-refractivity contribution in [1.82, 2.24) is 9.55 Å². The van der Waals surface area contributed by atoms with Crippen molar-refractivity contribution in [2.24, 2.45) is 5.41 Å². The predicted molar refractivity (Wildman–Crippen MR) is 86.1 cm³/mol. The molecule has 0 fully saturated rings. The number of hydrogen-bond acceptors (Lipinski definition) is 1. The molecule has 0 aliphatic heterocycles. The van der Waals surface area contributed by atoms with Crippen molar-refractivity contribution in [3.05, 3.63) is 27.6 Å². The second kappa shape index (κ2) is 5.37. The molecular formula is C14H18ClIN2. The second-order valence-electron chi connectivity index (χ2n) is 5.40. The molecule has 1 heterocycles. The first-order chi connectivity index (χ1) is 8.46. The first-order valence-corrected chi connectivity index (χ1v) is 7.79. The van der Waals surface area contributed by atoms with Gasteiger partial charge in [-0.05, 0) is 52.6 Å². The molecule has 98 valence electrons. The Bertz CT molecular complexity index is 560. The Morgan fingerprint density at radius 2 is 2.11 bits per heavy atom. The predicted octanol–water partition coefficient (Wildman–Crippen LogP) is 4.82. The first kappa shape index (κ1) is 14.1. The summed E-state index contributed by atoms with van der Waals surface area (Å²) in [5.41, 5.74) is 2.49. The molecule has 0 spiro atoms. The lowest BCUT2D eigenvalue weighted by Crippen LogP contribution is -2.19. The van der Waals surface area contributed by atoms with Crippen molar-refractivity contribution in [1.29, 1.82) is 0 Å². The van der Waals surface area contributed by atoms with Crippen LogP contribution in [0.4, 0.5) is 0 Å². The van der Waals surface area contributed by atoms with E-state index in [0.717, 1.165) is 24.3 Å². The van der Waals surface area contributed by atoms with Crippen LogP contribution in [0.2, 0.25) is 0 Å².